The number of aromatic nitrogens is 2. The highest BCUT2D eigenvalue weighted by Crippen LogP contribution is 2.33. The van der Waals surface area contributed by atoms with Crippen molar-refractivity contribution in [2.24, 2.45) is 0 Å². The van der Waals surface area contributed by atoms with Gasteiger partial charge < -0.3 is 10.6 Å². The molecule has 0 amide bonds. The van der Waals surface area contributed by atoms with Crippen LogP contribution >= 0.6 is 24.0 Å². The fourth-order valence-electron chi connectivity index (χ4n) is 2.47. The zero-order valence-electron chi connectivity index (χ0n) is 11.9. The number of para-hydroxylation sites is 3. The number of nitrogens with one attached hydrogen (secondary N) is 2. The van der Waals surface area contributed by atoms with Gasteiger partial charge in [0.15, 0.2) is 15.6 Å². The van der Waals surface area contributed by atoms with Crippen LogP contribution in [0.1, 0.15) is 4.79 Å². The number of hydrogen-bond donors (Lipinski definition) is 2. The highest BCUT2D eigenvalue weighted by Gasteiger charge is 2.34. The Morgan fingerprint density at radius 3 is 2.70 bits per heavy atom. The summed E-state index contributed by atoms with van der Waals surface area (Å²) in [4.78, 5) is 17.1. The first-order valence-corrected chi connectivity index (χ1v) is 8.32. The molecular weight excluding hydrogens is 328 g/mol. The summed E-state index contributed by atoms with van der Waals surface area (Å²) in [6.07, 6.45) is 0. The minimum Gasteiger partial charge on any atom is -0.342 e. The van der Waals surface area contributed by atoms with E-state index in [-0.39, 0.29) is 5.91 Å². The number of imidazole rings is 1. The van der Waals surface area contributed by atoms with E-state index in [4.69, 9.17) is 12.2 Å². The number of carbonyl (C=O) groups excluding carboxylic acids is 1. The maximum atomic E-state index is 12.6. The summed E-state index contributed by atoms with van der Waals surface area (Å²) < 4.78 is 1.64. The van der Waals surface area contributed by atoms with Crippen LogP contribution in [0.2, 0.25) is 0 Å². The molecule has 0 aliphatic carbocycles. The minimum atomic E-state index is -0.467. The number of nitrogens with zero attached hydrogens (tertiary/aromatic N) is 2. The molecule has 0 bridgehead atoms. The topological polar surface area (TPSA) is 59.0 Å². The second-order valence-corrected chi connectivity index (χ2v) is 6.50. The lowest BCUT2D eigenvalue weighted by atomic mass is 10.3. The summed E-state index contributed by atoms with van der Waals surface area (Å²) in [7, 11) is 0. The lowest BCUT2D eigenvalue weighted by Crippen LogP contribution is -2.40. The molecule has 2 aromatic carbocycles. The number of thiocarbonyl (C=S) groups is 1. The molecule has 0 saturated heterocycles. The Labute approximate surface area is 142 Å². The molecule has 114 valence electrons. The van der Waals surface area contributed by atoms with Crippen molar-refractivity contribution in [2.45, 2.75) is 10.5 Å². The van der Waals surface area contributed by atoms with Crippen LogP contribution in [0.4, 0.5) is 5.69 Å². The molecule has 2 heterocycles. The van der Waals surface area contributed by atoms with Crippen molar-refractivity contribution in [1.29, 1.82) is 0 Å². The van der Waals surface area contributed by atoms with E-state index in [1.807, 2.05) is 54.6 Å². The van der Waals surface area contributed by atoms with E-state index < -0.39 is 5.37 Å². The monoisotopic (exact) mass is 340 g/mol. The van der Waals surface area contributed by atoms with Gasteiger partial charge >= 0.3 is 0 Å². The number of hydrogen-bond acceptors (Lipinski definition) is 4. The maximum Gasteiger partial charge on any atom is 0.266 e. The standard InChI is InChI=1S/C16H12N4OS2/c21-14-13(19-15(22)17-10-6-2-1-3-7-10)23-16-18-11-8-4-5-9-12(11)20(14)16/h1-9,13H,(H2,17,19,22). The van der Waals surface area contributed by atoms with Crippen molar-refractivity contribution in [2.75, 3.05) is 5.32 Å². The van der Waals surface area contributed by atoms with Gasteiger partial charge in [-0.3, -0.25) is 9.36 Å². The molecule has 0 fully saturated rings. The first-order valence-electron chi connectivity index (χ1n) is 7.03. The molecule has 0 spiro atoms. The van der Waals surface area contributed by atoms with E-state index in [2.05, 4.69) is 15.6 Å². The predicted octanol–water partition coefficient (Wildman–Crippen LogP) is 3.09. The number of rotatable bonds is 2. The second kappa shape index (κ2) is 5.68. The zero-order chi connectivity index (χ0) is 15.8. The Bertz CT molecular complexity index is 907. The van der Waals surface area contributed by atoms with Crippen LogP contribution in [0.3, 0.4) is 0 Å². The van der Waals surface area contributed by atoms with Gasteiger partial charge in [0.1, 0.15) is 0 Å². The molecule has 0 saturated carbocycles. The summed E-state index contributed by atoms with van der Waals surface area (Å²) in [6.45, 7) is 0. The number of thioether (sulfide) groups is 1. The molecule has 1 unspecified atom stereocenters. The van der Waals surface area contributed by atoms with Crippen molar-refractivity contribution in [3.8, 4) is 0 Å². The Morgan fingerprint density at radius 1 is 1.13 bits per heavy atom. The Morgan fingerprint density at radius 2 is 1.87 bits per heavy atom. The first kappa shape index (κ1) is 14.2. The van der Waals surface area contributed by atoms with Crippen LogP contribution in [-0.4, -0.2) is 25.9 Å². The highest BCUT2D eigenvalue weighted by molar-refractivity contribution is 8.01. The first-order chi connectivity index (χ1) is 11.2. The molecule has 4 rings (SSSR count). The summed E-state index contributed by atoms with van der Waals surface area (Å²) in [6, 6.07) is 17.2. The summed E-state index contributed by atoms with van der Waals surface area (Å²) >= 11 is 6.66. The smallest absolute Gasteiger partial charge is 0.266 e. The van der Waals surface area contributed by atoms with Crippen molar-refractivity contribution >= 4 is 51.7 Å². The summed E-state index contributed by atoms with van der Waals surface area (Å²) in [5.74, 6) is -0.0593. The van der Waals surface area contributed by atoms with Crippen molar-refractivity contribution < 1.29 is 4.79 Å². The van der Waals surface area contributed by atoms with Crippen molar-refractivity contribution in [3.63, 3.8) is 0 Å². The molecule has 1 aliphatic heterocycles. The van der Waals surface area contributed by atoms with Crippen molar-refractivity contribution in [1.82, 2.24) is 14.9 Å². The van der Waals surface area contributed by atoms with Gasteiger partial charge in [0.2, 0.25) is 0 Å². The van der Waals surface area contributed by atoms with Gasteiger partial charge in [-0.1, -0.05) is 42.1 Å². The van der Waals surface area contributed by atoms with Crippen molar-refractivity contribution in [3.05, 3.63) is 54.6 Å². The molecule has 1 aromatic heterocycles. The van der Waals surface area contributed by atoms with Crippen LogP contribution in [-0.2, 0) is 0 Å². The van der Waals surface area contributed by atoms with Crippen LogP contribution in [0.5, 0.6) is 0 Å². The summed E-state index contributed by atoms with van der Waals surface area (Å²) in [5.41, 5.74) is 2.53. The van der Waals surface area contributed by atoms with Gasteiger partial charge in [-0.05, 0) is 36.5 Å². The fraction of sp³-hybridized carbons (Fsp3) is 0.0625. The highest BCUT2D eigenvalue weighted by atomic mass is 32.2. The largest absolute Gasteiger partial charge is 0.342 e. The van der Waals surface area contributed by atoms with E-state index in [1.165, 1.54) is 11.8 Å². The van der Waals surface area contributed by atoms with E-state index in [1.54, 1.807) is 4.57 Å². The second-order valence-electron chi connectivity index (χ2n) is 5.02. The van der Waals surface area contributed by atoms with Crippen LogP contribution < -0.4 is 10.6 Å². The average Bonchev–Trinajstić information content (AvgIpc) is 3.05. The third-order valence-electron chi connectivity index (χ3n) is 3.49. The SMILES string of the molecule is O=C1C(NC(=S)Nc2ccccc2)Sc2nc3ccccc3n21. The molecule has 7 heteroatoms. The lowest BCUT2D eigenvalue weighted by Gasteiger charge is -2.14. The van der Waals surface area contributed by atoms with Gasteiger partial charge in [0.05, 0.1) is 11.0 Å². The molecule has 5 nitrogen and oxygen atoms in total. The van der Waals surface area contributed by atoms with Gasteiger partial charge in [0, 0.05) is 5.69 Å². The minimum absolute atomic E-state index is 0.0593. The van der Waals surface area contributed by atoms with E-state index in [0.717, 1.165) is 16.7 Å². The molecule has 2 N–H and O–H groups in total. The Hall–Kier alpha value is -2.38. The normalized spacial score (nSPS) is 16.3. The molecule has 1 aliphatic rings. The van der Waals surface area contributed by atoms with E-state index in [9.17, 15) is 4.79 Å². The number of carbonyl (C=O) groups is 1. The molecule has 0 radical (unpaired) electrons. The molecular formula is C16H12N4OS2. The lowest BCUT2D eigenvalue weighted by molar-refractivity contribution is 0.0910. The maximum absolute atomic E-state index is 12.6. The predicted molar refractivity (Wildman–Crippen MR) is 95.8 cm³/mol. The van der Waals surface area contributed by atoms with Gasteiger partial charge in [-0.2, -0.15) is 0 Å². The Kier molecular flexibility index (Phi) is 3.51. The van der Waals surface area contributed by atoms with Gasteiger partial charge in [-0.15, -0.1) is 0 Å². The molecule has 23 heavy (non-hydrogen) atoms. The number of benzene rings is 2. The van der Waals surface area contributed by atoms with Gasteiger partial charge in [-0.25, -0.2) is 4.98 Å². The summed E-state index contributed by atoms with van der Waals surface area (Å²) in [5, 5.41) is 6.76. The zero-order valence-corrected chi connectivity index (χ0v) is 13.5. The fourth-order valence-corrected chi connectivity index (χ4v) is 3.82. The van der Waals surface area contributed by atoms with Crippen LogP contribution in [0.25, 0.3) is 11.0 Å². The number of fused-ring (bicyclic) bond motifs is 3. The Balaban J connectivity index is 1.51. The van der Waals surface area contributed by atoms with E-state index in [0.29, 0.717) is 10.3 Å². The molecule has 3 aromatic rings. The molecule has 1 atom stereocenters. The third-order valence-corrected chi connectivity index (χ3v) is 4.75. The van der Waals surface area contributed by atoms with Crippen LogP contribution in [0.15, 0.2) is 59.8 Å². The van der Waals surface area contributed by atoms with Crippen LogP contribution in [0, 0.1) is 0 Å². The third kappa shape index (κ3) is 2.58. The van der Waals surface area contributed by atoms with Gasteiger partial charge in [0.25, 0.3) is 5.91 Å². The van der Waals surface area contributed by atoms with E-state index >= 15 is 0 Å². The average molecular weight is 340 g/mol. The quantitative estimate of drug-likeness (QED) is 0.699. The number of anilines is 1.